The van der Waals surface area contributed by atoms with Crippen molar-refractivity contribution in [1.29, 1.82) is 0 Å². The summed E-state index contributed by atoms with van der Waals surface area (Å²) in [6.45, 7) is 5.85. The van der Waals surface area contributed by atoms with Crippen LogP contribution in [0.2, 0.25) is 0 Å². The summed E-state index contributed by atoms with van der Waals surface area (Å²) in [6.07, 6.45) is 3.93. The molecular weight excluding hydrogens is 258 g/mol. The summed E-state index contributed by atoms with van der Waals surface area (Å²) < 4.78 is 5.76. The van der Waals surface area contributed by atoms with Crippen LogP contribution in [0.4, 0.5) is 0 Å². The molecule has 0 unspecified atom stereocenters. The lowest BCUT2D eigenvalue weighted by molar-refractivity contribution is 0.180. The van der Waals surface area contributed by atoms with E-state index in [0.717, 1.165) is 17.8 Å². The highest BCUT2D eigenvalue weighted by Gasteiger charge is 2.12. The van der Waals surface area contributed by atoms with Crippen molar-refractivity contribution in [1.82, 2.24) is 9.88 Å². The van der Waals surface area contributed by atoms with Crippen molar-refractivity contribution in [2.24, 2.45) is 5.73 Å². The number of hydrogen-bond acceptors (Lipinski definition) is 4. The minimum absolute atomic E-state index is 0.334. The van der Waals surface area contributed by atoms with Gasteiger partial charge in [-0.05, 0) is 45.0 Å². The Bertz CT molecular complexity index is 444. The van der Waals surface area contributed by atoms with Gasteiger partial charge in [0, 0.05) is 12.2 Å². The summed E-state index contributed by atoms with van der Waals surface area (Å²) in [7, 11) is 0. The summed E-state index contributed by atoms with van der Waals surface area (Å²) in [5.41, 5.74) is 7.31. The van der Waals surface area contributed by atoms with Crippen LogP contribution in [-0.2, 0) is 0 Å². The smallest absolute Gasteiger partial charge is 0.224 e. The van der Waals surface area contributed by atoms with Gasteiger partial charge in [0.25, 0.3) is 0 Å². The molecule has 4 nitrogen and oxygen atoms in total. The number of pyridine rings is 1. The molecule has 19 heavy (non-hydrogen) atoms. The molecule has 1 aromatic rings. The van der Waals surface area contributed by atoms with Crippen molar-refractivity contribution < 1.29 is 4.74 Å². The second-order valence-corrected chi connectivity index (χ2v) is 5.36. The number of likely N-dealkylation sites (tertiary alicyclic amines) is 1. The Kier molecular flexibility index (Phi) is 5.10. The van der Waals surface area contributed by atoms with Crippen LogP contribution in [-0.4, -0.2) is 41.1 Å². The van der Waals surface area contributed by atoms with Gasteiger partial charge >= 0.3 is 0 Å². The fourth-order valence-corrected chi connectivity index (χ4v) is 2.44. The summed E-state index contributed by atoms with van der Waals surface area (Å²) in [6, 6.07) is 3.77. The predicted molar refractivity (Wildman–Crippen MR) is 80.6 cm³/mol. The number of nitrogens with zero attached hydrogens (tertiary/aromatic N) is 2. The summed E-state index contributed by atoms with van der Waals surface area (Å²) in [5.74, 6) is 0.560. The molecular formula is C14H21N3OS. The number of piperidine rings is 1. The van der Waals surface area contributed by atoms with E-state index < -0.39 is 0 Å². The quantitative estimate of drug-likeness (QED) is 0.834. The molecule has 2 rings (SSSR count). The number of nitrogens with two attached hydrogens (primary N) is 1. The fraction of sp³-hybridized carbons (Fsp3) is 0.571. The van der Waals surface area contributed by atoms with Crippen LogP contribution in [0.1, 0.15) is 30.5 Å². The summed E-state index contributed by atoms with van der Waals surface area (Å²) in [5, 5.41) is 0. The lowest BCUT2D eigenvalue weighted by Crippen LogP contribution is -2.33. The van der Waals surface area contributed by atoms with Crippen molar-refractivity contribution in [3.8, 4) is 5.88 Å². The third kappa shape index (κ3) is 4.14. The molecule has 0 aromatic carbocycles. The Morgan fingerprint density at radius 3 is 2.79 bits per heavy atom. The molecule has 1 aliphatic heterocycles. The Labute approximate surface area is 120 Å². The molecule has 0 saturated carbocycles. The Morgan fingerprint density at radius 1 is 1.37 bits per heavy atom. The van der Waals surface area contributed by atoms with Gasteiger partial charge in [0.15, 0.2) is 0 Å². The van der Waals surface area contributed by atoms with Crippen molar-refractivity contribution >= 4 is 17.2 Å². The molecule has 0 amide bonds. The number of thiocarbonyl (C=S) groups is 1. The molecule has 0 bridgehead atoms. The summed E-state index contributed by atoms with van der Waals surface area (Å²) in [4.78, 5) is 7.13. The molecule has 1 saturated heterocycles. The average molecular weight is 279 g/mol. The molecule has 2 N–H and O–H groups in total. The maximum atomic E-state index is 5.76. The van der Waals surface area contributed by atoms with Gasteiger partial charge in [0.1, 0.15) is 11.6 Å². The number of aromatic nitrogens is 1. The summed E-state index contributed by atoms with van der Waals surface area (Å²) >= 11 is 5.02. The molecule has 104 valence electrons. The van der Waals surface area contributed by atoms with Crippen LogP contribution in [0.3, 0.4) is 0 Å². The highest BCUT2D eigenvalue weighted by Crippen LogP contribution is 2.16. The van der Waals surface area contributed by atoms with Gasteiger partial charge in [0.2, 0.25) is 5.88 Å². The second-order valence-electron chi connectivity index (χ2n) is 4.92. The van der Waals surface area contributed by atoms with E-state index in [1.54, 1.807) is 0 Å². The number of rotatable bonds is 5. The van der Waals surface area contributed by atoms with Crippen LogP contribution in [0.25, 0.3) is 0 Å². The van der Waals surface area contributed by atoms with Crippen molar-refractivity contribution in [2.45, 2.75) is 26.2 Å². The zero-order valence-corrected chi connectivity index (χ0v) is 12.2. The third-order valence-electron chi connectivity index (χ3n) is 3.36. The molecule has 1 aliphatic rings. The van der Waals surface area contributed by atoms with E-state index in [-0.39, 0.29) is 0 Å². The van der Waals surface area contributed by atoms with E-state index in [4.69, 9.17) is 22.7 Å². The molecule has 0 atom stereocenters. The van der Waals surface area contributed by atoms with Crippen LogP contribution in [0.15, 0.2) is 12.1 Å². The maximum absolute atomic E-state index is 5.76. The van der Waals surface area contributed by atoms with Gasteiger partial charge in [-0.25, -0.2) is 4.98 Å². The zero-order valence-electron chi connectivity index (χ0n) is 11.4. The van der Waals surface area contributed by atoms with E-state index in [9.17, 15) is 0 Å². The third-order valence-corrected chi connectivity index (χ3v) is 3.58. The molecule has 5 heteroatoms. The first kappa shape index (κ1) is 14.2. The zero-order chi connectivity index (χ0) is 13.7. The first-order chi connectivity index (χ1) is 9.16. The van der Waals surface area contributed by atoms with E-state index >= 15 is 0 Å². The highest BCUT2D eigenvalue weighted by atomic mass is 32.1. The first-order valence-corrected chi connectivity index (χ1v) is 7.20. The minimum atomic E-state index is 0.334. The number of hydrogen-bond donors (Lipinski definition) is 1. The van der Waals surface area contributed by atoms with E-state index in [0.29, 0.717) is 17.5 Å². The van der Waals surface area contributed by atoms with Crippen LogP contribution >= 0.6 is 12.2 Å². The topological polar surface area (TPSA) is 51.4 Å². The first-order valence-electron chi connectivity index (χ1n) is 6.79. The minimum Gasteiger partial charge on any atom is -0.476 e. The normalized spacial score (nSPS) is 16.3. The van der Waals surface area contributed by atoms with Crippen molar-refractivity contribution in [2.75, 3.05) is 26.2 Å². The Hall–Kier alpha value is -1.20. The molecule has 0 radical (unpaired) electrons. The van der Waals surface area contributed by atoms with Gasteiger partial charge in [-0.1, -0.05) is 18.6 Å². The highest BCUT2D eigenvalue weighted by molar-refractivity contribution is 7.80. The number of ether oxygens (including phenoxy) is 1. The largest absolute Gasteiger partial charge is 0.476 e. The van der Waals surface area contributed by atoms with Crippen LogP contribution in [0.5, 0.6) is 5.88 Å². The molecule has 2 heterocycles. The van der Waals surface area contributed by atoms with E-state index in [2.05, 4.69) is 9.88 Å². The van der Waals surface area contributed by atoms with Crippen molar-refractivity contribution in [3.05, 3.63) is 23.4 Å². The van der Waals surface area contributed by atoms with Crippen LogP contribution < -0.4 is 10.5 Å². The van der Waals surface area contributed by atoms with Gasteiger partial charge in [-0.15, -0.1) is 0 Å². The molecule has 0 aliphatic carbocycles. The SMILES string of the molecule is Cc1ccc(C(N)=S)c(OCCN2CCCCC2)n1. The van der Waals surface area contributed by atoms with Crippen LogP contribution in [0, 0.1) is 6.92 Å². The average Bonchev–Trinajstić information content (AvgIpc) is 2.39. The Morgan fingerprint density at radius 2 is 2.11 bits per heavy atom. The monoisotopic (exact) mass is 279 g/mol. The van der Waals surface area contributed by atoms with E-state index in [1.807, 2.05) is 19.1 Å². The standard InChI is InChI=1S/C14H21N3OS/c1-11-5-6-12(13(15)19)14(16-11)18-10-9-17-7-3-2-4-8-17/h5-6H,2-4,7-10H2,1H3,(H2,15,19). The predicted octanol–water partition coefficient (Wildman–Crippen LogP) is 1.89. The van der Waals surface area contributed by atoms with Crippen molar-refractivity contribution in [3.63, 3.8) is 0 Å². The van der Waals surface area contributed by atoms with E-state index in [1.165, 1.54) is 32.4 Å². The molecule has 0 spiro atoms. The van der Waals surface area contributed by atoms with Gasteiger partial charge < -0.3 is 10.5 Å². The molecule has 1 aromatic heterocycles. The van der Waals surface area contributed by atoms with Gasteiger partial charge in [-0.3, -0.25) is 4.90 Å². The maximum Gasteiger partial charge on any atom is 0.224 e. The van der Waals surface area contributed by atoms with Gasteiger partial charge in [0.05, 0.1) is 5.56 Å². The molecule has 1 fully saturated rings. The second kappa shape index (κ2) is 6.82. The van der Waals surface area contributed by atoms with Gasteiger partial charge in [-0.2, -0.15) is 0 Å². The lowest BCUT2D eigenvalue weighted by atomic mass is 10.1. The lowest BCUT2D eigenvalue weighted by Gasteiger charge is -2.26. The Balaban J connectivity index is 1.91. The fourth-order valence-electron chi connectivity index (χ4n) is 2.28. The number of aryl methyl sites for hydroxylation is 1.